The average molecular weight is 549 g/mol. The maximum absolute atomic E-state index is 12.8. The van der Waals surface area contributed by atoms with Crippen molar-refractivity contribution in [1.29, 1.82) is 0 Å². The molecule has 3 rings (SSSR count). The van der Waals surface area contributed by atoms with Crippen LogP contribution in [-0.2, 0) is 33.5 Å². The molecule has 1 aromatic heterocycles. The normalized spacial score (nSPS) is 22.9. The Labute approximate surface area is 235 Å². The number of anilines is 1. The van der Waals surface area contributed by atoms with Gasteiger partial charge in [0, 0.05) is 23.8 Å². The summed E-state index contributed by atoms with van der Waals surface area (Å²) in [4.78, 5) is 70.3. The number of fused-ring (bicyclic) bond motifs is 1. The molecule has 3 N–H and O–H groups in total. The number of nitrogens with zero attached hydrogens (tertiary/aromatic N) is 4. The van der Waals surface area contributed by atoms with E-state index in [-0.39, 0.29) is 65.1 Å². The number of rotatable bonds is 11. The first-order valence-electron chi connectivity index (χ1n) is 10.1. The van der Waals surface area contributed by atoms with Crippen molar-refractivity contribution in [2.75, 3.05) is 31.2 Å². The number of carboxylic acid groups (broad SMARTS) is 1. The molecule has 0 aliphatic carbocycles. The average Bonchev–Trinajstić information content (AvgIpc) is 3.23. The Balaban J connectivity index is 0.00000456. The molecular formula is C19H21N6NaO8S2. The molecular weight excluding hydrogens is 527 g/mol. The zero-order valence-electron chi connectivity index (χ0n) is 19.4. The molecule has 36 heavy (non-hydrogen) atoms. The van der Waals surface area contributed by atoms with Gasteiger partial charge >= 0.3 is 35.5 Å². The van der Waals surface area contributed by atoms with Crippen LogP contribution in [0.4, 0.5) is 5.13 Å². The van der Waals surface area contributed by atoms with Gasteiger partial charge in [0.2, 0.25) is 17.4 Å². The van der Waals surface area contributed by atoms with E-state index in [4.69, 9.17) is 15.3 Å². The number of Topliss-reactive ketones (excluding diaryl/α,β-unsaturated/α-hetero) is 1. The molecule has 0 spiro atoms. The smallest absolute Gasteiger partial charge is 0.549 e. The van der Waals surface area contributed by atoms with Gasteiger partial charge in [0.1, 0.15) is 36.8 Å². The Hall–Kier alpha value is -2.53. The first-order valence-corrected chi connectivity index (χ1v) is 11.9. The van der Waals surface area contributed by atoms with Crippen LogP contribution >= 0.6 is 23.3 Å². The van der Waals surface area contributed by atoms with E-state index < -0.39 is 59.4 Å². The number of nitrogens with one attached hydrogen (secondary N) is 1. The zero-order chi connectivity index (χ0) is 25.8. The van der Waals surface area contributed by atoms with Crippen molar-refractivity contribution in [3.8, 4) is 0 Å². The molecule has 14 nitrogen and oxygen atoms in total. The number of amides is 2. The fourth-order valence-electron chi connectivity index (χ4n) is 3.25. The van der Waals surface area contributed by atoms with Crippen LogP contribution < -0.4 is 45.7 Å². The molecule has 0 bridgehead atoms. The fraction of sp³-hybridized carbons (Fsp3) is 0.474. The van der Waals surface area contributed by atoms with Crippen molar-refractivity contribution in [2.24, 2.45) is 10.6 Å². The summed E-state index contributed by atoms with van der Waals surface area (Å²) in [6, 6.07) is -0.979. The second-order valence-corrected chi connectivity index (χ2v) is 9.60. The van der Waals surface area contributed by atoms with Crippen LogP contribution in [0.15, 0.2) is 17.8 Å². The van der Waals surface area contributed by atoms with Gasteiger partial charge in [0.25, 0.3) is 5.91 Å². The largest absolute Gasteiger partial charge is 1.00 e. The second-order valence-electron chi connectivity index (χ2n) is 7.71. The van der Waals surface area contributed by atoms with Crippen LogP contribution in [0, 0.1) is 5.41 Å². The number of β-lactam (4-membered cyclic amide) rings is 1. The van der Waals surface area contributed by atoms with Crippen molar-refractivity contribution >= 4 is 63.7 Å². The minimum Gasteiger partial charge on any atom is -0.549 e. The molecule has 0 saturated carbocycles. The van der Waals surface area contributed by atoms with Crippen molar-refractivity contribution in [1.82, 2.24) is 19.6 Å². The minimum absolute atomic E-state index is 0. The first kappa shape index (κ1) is 29.7. The van der Waals surface area contributed by atoms with E-state index in [0.717, 1.165) is 23.3 Å². The summed E-state index contributed by atoms with van der Waals surface area (Å²) in [5.41, 5.74) is 3.61. The molecule has 0 aromatic carbocycles. The van der Waals surface area contributed by atoms with Crippen LogP contribution in [0.1, 0.15) is 19.2 Å². The standard InChI is InChI=1S/C19H22N6O8S2.Na/c1-3-4-33-23-11(13-22-18(20)35-24-13)14(28)21-12-15(29)25-6-19(17(30)31,8-34-16(12)25)7-32-10(27)5-9(2)26;/h3,12,16H,1,4-8H2,2H3,(H,21,28)(H,30,31)(H2,20,22,24);/q;+1/p-1/t12?,16-,19?;/m1./s1. The van der Waals surface area contributed by atoms with E-state index in [1.54, 1.807) is 0 Å². The molecule has 1 aromatic rings. The number of carbonyl (C=O) groups is 5. The second kappa shape index (κ2) is 12.6. The predicted octanol–water partition coefficient (Wildman–Crippen LogP) is -5.31. The number of aromatic nitrogens is 2. The predicted molar refractivity (Wildman–Crippen MR) is 121 cm³/mol. The third-order valence-corrected chi connectivity index (χ3v) is 7.11. The Morgan fingerprint density at radius 1 is 1.42 bits per heavy atom. The van der Waals surface area contributed by atoms with Gasteiger partial charge in [0.05, 0.1) is 11.4 Å². The summed E-state index contributed by atoms with van der Waals surface area (Å²) in [5.74, 6) is -4.28. The molecule has 2 unspecified atom stereocenters. The number of thioether (sulfide) groups is 1. The van der Waals surface area contributed by atoms with Crippen molar-refractivity contribution in [2.45, 2.75) is 24.8 Å². The first-order chi connectivity index (χ1) is 16.6. The van der Waals surface area contributed by atoms with Crippen LogP contribution in [0.3, 0.4) is 0 Å². The number of carboxylic acids is 1. The molecule has 2 fully saturated rings. The summed E-state index contributed by atoms with van der Waals surface area (Å²) in [7, 11) is 0. The van der Waals surface area contributed by atoms with Gasteiger partial charge < -0.3 is 35.4 Å². The minimum atomic E-state index is -1.66. The molecule has 2 aliphatic rings. The van der Waals surface area contributed by atoms with Crippen LogP contribution in [0.2, 0.25) is 0 Å². The number of oxime groups is 1. The monoisotopic (exact) mass is 548 g/mol. The van der Waals surface area contributed by atoms with Crippen molar-refractivity contribution < 1.29 is 68.2 Å². The number of nitrogen functional groups attached to an aromatic ring is 1. The number of ether oxygens (including phenoxy) is 1. The maximum atomic E-state index is 12.8. The Kier molecular flexibility index (Phi) is 10.4. The van der Waals surface area contributed by atoms with Crippen molar-refractivity contribution in [3.63, 3.8) is 0 Å². The third kappa shape index (κ3) is 6.61. The summed E-state index contributed by atoms with van der Waals surface area (Å²) in [6.45, 7) is 3.83. The van der Waals surface area contributed by atoms with Crippen LogP contribution in [0.25, 0.3) is 0 Å². The number of hydrogen-bond acceptors (Lipinski definition) is 14. The van der Waals surface area contributed by atoms with Gasteiger partial charge in [-0.1, -0.05) is 17.8 Å². The van der Waals surface area contributed by atoms with E-state index in [2.05, 4.69) is 26.4 Å². The van der Waals surface area contributed by atoms with Crippen LogP contribution in [-0.4, -0.2) is 86.4 Å². The van der Waals surface area contributed by atoms with Crippen molar-refractivity contribution in [3.05, 3.63) is 18.5 Å². The van der Waals surface area contributed by atoms with Gasteiger partial charge in [-0.2, -0.15) is 9.36 Å². The SMILES string of the molecule is C=CCON=C(C(=O)NC1C(=O)N2CC(COC(=O)CC(C)=O)(C(=O)[O-])CS[C@H]12)c1nsc(N)n1.[Na+]. The number of ketones is 1. The molecule has 17 heteroatoms. The summed E-state index contributed by atoms with van der Waals surface area (Å²) < 4.78 is 8.89. The number of aliphatic carboxylic acids is 1. The summed E-state index contributed by atoms with van der Waals surface area (Å²) in [5, 5.41) is 17.7. The Morgan fingerprint density at radius 2 is 2.14 bits per heavy atom. The van der Waals surface area contributed by atoms with E-state index in [1.165, 1.54) is 17.9 Å². The van der Waals surface area contributed by atoms with E-state index >= 15 is 0 Å². The Bertz CT molecular complexity index is 1100. The quantitative estimate of drug-likeness (QED) is 0.0389. The molecule has 3 atom stereocenters. The van der Waals surface area contributed by atoms with E-state index in [1.807, 2.05) is 0 Å². The molecule has 2 saturated heterocycles. The van der Waals surface area contributed by atoms with Crippen LogP contribution in [0.5, 0.6) is 0 Å². The number of esters is 1. The molecule has 2 aliphatic heterocycles. The number of carbonyl (C=O) groups excluding carboxylic acids is 5. The molecule has 0 radical (unpaired) electrons. The number of nitrogens with two attached hydrogens (primary N) is 1. The zero-order valence-corrected chi connectivity index (χ0v) is 23.1. The summed E-state index contributed by atoms with van der Waals surface area (Å²) in [6.07, 6.45) is 0.921. The molecule has 2 amide bonds. The van der Waals surface area contributed by atoms with Gasteiger partial charge in [-0.3, -0.25) is 19.2 Å². The topological polar surface area (TPSA) is 206 Å². The Morgan fingerprint density at radius 3 is 2.72 bits per heavy atom. The van der Waals surface area contributed by atoms with Gasteiger partial charge in [-0.15, -0.1) is 11.8 Å². The third-order valence-electron chi connectivity index (χ3n) is 4.98. The van der Waals surface area contributed by atoms with Gasteiger partial charge in [-0.05, 0) is 6.92 Å². The summed E-state index contributed by atoms with van der Waals surface area (Å²) >= 11 is 1.92. The van der Waals surface area contributed by atoms with Gasteiger partial charge in [-0.25, -0.2) is 0 Å². The fourth-order valence-corrected chi connectivity index (χ4v) is 5.20. The van der Waals surface area contributed by atoms with Gasteiger partial charge in [0.15, 0.2) is 5.13 Å². The molecule has 3 heterocycles. The van der Waals surface area contributed by atoms with E-state index in [0.29, 0.717) is 0 Å². The maximum Gasteiger partial charge on any atom is 1.00 e. The molecule has 188 valence electrons. The van der Waals surface area contributed by atoms with E-state index in [9.17, 15) is 29.1 Å². The number of hydrogen-bond donors (Lipinski definition) is 2.